The second-order valence-electron chi connectivity index (χ2n) is 3.67. The van der Waals surface area contributed by atoms with Crippen molar-refractivity contribution in [3.63, 3.8) is 0 Å². The Morgan fingerprint density at radius 3 is 2.10 bits per heavy atom. The summed E-state index contributed by atoms with van der Waals surface area (Å²) in [5, 5.41) is 0. The smallest absolute Gasteiger partial charge is 0.144 e. The summed E-state index contributed by atoms with van der Waals surface area (Å²) in [7, 11) is 0. The quantitative estimate of drug-likeness (QED) is 0.323. The van der Waals surface area contributed by atoms with E-state index in [0.717, 1.165) is 4.95 Å². The van der Waals surface area contributed by atoms with Crippen LogP contribution in [0, 0.1) is 0 Å². The maximum absolute atomic E-state index is 3.79. The molecule has 0 bridgehead atoms. The zero-order valence-corrected chi connectivity index (χ0v) is 7.94. The standard InChI is InChI=1S/C8H15BrN/c9-8-4-3-7-10(8)5-1-2-6-10/h8H,1-7H2/q+1. The van der Waals surface area contributed by atoms with E-state index in [0.29, 0.717) is 0 Å². The molecule has 0 amide bonds. The number of rotatable bonds is 0. The lowest BCUT2D eigenvalue weighted by Crippen LogP contribution is -2.46. The number of hydrogen-bond donors (Lipinski definition) is 0. The molecule has 2 heterocycles. The van der Waals surface area contributed by atoms with Crippen LogP contribution in [0.4, 0.5) is 0 Å². The summed E-state index contributed by atoms with van der Waals surface area (Å²) in [5.41, 5.74) is 0. The van der Waals surface area contributed by atoms with Crippen molar-refractivity contribution in [3.8, 4) is 0 Å². The molecule has 2 rings (SSSR count). The fourth-order valence-electron chi connectivity index (χ4n) is 2.46. The summed E-state index contributed by atoms with van der Waals surface area (Å²) < 4.78 is 1.40. The highest BCUT2D eigenvalue weighted by Gasteiger charge is 2.41. The first-order valence-corrected chi connectivity index (χ1v) is 5.25. The van der Waals surface area contributed by atoms with Crippen LogP contribution in [0.3, 0.4) is 0 Å². The second-order valence-corrected chi connectivity index (χ2v) is 4.73. The predicted molar refractivity (Wildman–Crippen MR) is 46.0 cm³/mol. The first-order chi connectivity index (χ1) is 4.83. The summed E-state index contributed by atoms with van der Waals surface area (Å²) in [4.78, 5) is 0.801. The average molecular weight is 205 g/mol. The molecule has 2 saturated heterocycles. The van der Waals surface area contributed by atoms with Crippen LogP contribution in [0.5, 0.6) is 0 Å². The van der Waals surface area contributed by atoms with Crippen LogP contribution in [0.1, 0.15) is 25.7 Å². The summed E-state index contributed by atoms with van der Waals surface area (Å²) >= 11 is 3.79. The van der Waals surface area contributed by atoms with Gasteiger partial charge in [0.2, 0.25) is 0 Å². The summed E-state index contributed by atoms with van der Waals surface area (Å²) in [6.45, 7) is 4.32. The predicted octanol–water partition coefficient (Wildman–Crippen LogP) is 2.11. The van der Waals surface area contributed by atoms with Gasteiger partial charge in [-0.25, -0.2) is 0 Å². The highest BCUT2D eigenvalue weighted by molar-refractivity contribution is 9.09. The highest BCUT2D eigenvalue weighted by atomic mass is 79.9. The first-order valence-electron chi connectivity index (χ1n) is 4.33. The highest BCUT2D eigenvalue weighted by Crippen LogP contribution is 2.35. The molecule has 0 aromatic rings. The van der Waals surface area contributed by atoms with Crippen LogP contribution in [0.15, 0.2) is 0 Å². The monoisotopic (exact) mass is 204 g/mol. The molecule has 1 atom stereocenters. The molecule has 0 aromatic carbocycles. The van der Waals surface area contributed by atoms with Crippen molar-refractivity contribution >= 4 is 15.9 Å². The first kappa shape index (κ1) is 7.11. The van der Waals surface area contributed by atoms with Crippen molar-refractivity contribution in [2.24, 2.45) is 0 Å². The van der Waals surface area contributed by atoms with Gasteiger partial charge in [0.15, 0.2) is 0 Å². The number of halogens is 1. The zero-order chi connectivity index (χ0) is 7.03. The Labute approximate surface area is 71.1 Å². The van der Waals surface area contributed by atoms with Gasteiger partial charge in [-0.05, 0) is 15.9 Å². The van der Waals surface area contributed by atoms with E-state index in [1.807, 2.05) is 0 Å². The van der Waals surface area contributed by atoms with Gasteiger partial charge in [-0.2, -0.15) is 0 Å². The van der Waals surface area contributed by atoms with E-state index in [1.165, 1.54) is 49.8 Å². The Hall–Kier alpha value is 0.440. The van der Waals surface area contributed by atoms with Crippen molar-refractivity contribution in [1.29, 1.82) is 0 Å². The Morgan fingerprint density at radius 1 is 1.00 bits per heavy atom. The molecule has 0 radical (unpaired) electrons. The van der Waals surface area contributed by atoms with E-state index in [1.54, 1.807) is 0 Å². The Morgan fingerprint density at radius 2 is 1.60 bits per heavy atom. The third-order valence-corrected chi connectivity index (χ3v) is 4.42. The van der Waals surface area contributed by atoms with Gasteiger partial charge in [0.1, 0.15) is 4.95 Å². The van der Waals surface area contributed by atoms with Crippen LogP contribution >= 0.6 is 15.9 Å². The van der Waals surface area contributed by atoms with Gasteiger partial charge in [-0.3, -0.25) is 0 Å². The van der Waals surface area contributed by atoms with Gasteiger partial charge in [0, 0.05) is 25.7 Å². The lowest BCUT2D eigenvalue weighted by molar-refractivity contribution is -0.912. The van der Waals surface area contributed by atoms with Gasteiger partial charge in [-0.15, -0.1) is 0 Å². The third kappa shape index (κ3) is 0.928. The second kappa shape index (κ2) is 2.49. The van der Waals surface area contributed by atoms with Crippen molar-refractivity contribution in [2.75, 3.05) is 19.6 Å². The molecular formula is C8H15BrN+. The molecule has 0 aliphatic carbocycles. The molecule has 1 nitrogen and oxygen atoms in total. The normalized spacial score (nSPS) is 37.5. The van der Waals surface area contributed by atoms with Gasteiger partial charge < -0.3 is 4.48 Å². The maximum Gasteiger partial charge on any atom is 0.144 e. The fourth-order valence-corrected chi connectivity index (χ4v) is 3.40. The number of quaternary nitrogens is 1. The van der Waals surface area contributed by atoms with Crippen LogP contribution in [0.25, 0.3) is 0 Å². The Bertz CT molecular complexity index is 124. The molecule has 0 N–H and O–H groups in total. The van der Waals surface area contributed by atoms with Gasteiger partial charge in [0.05, 0.1) is 19.6 Å². The minimum Gasteiger partial charge on any atom is -0.312 e. The topological polar surface area (TPSA) is 0 Å². The van der Waals surface area contributed by atoms with Crippen LogP contribution < -0.4 is 0 Å². The van der Waals surface area contributed by atoms with Crippen molar-refractivity contribution in [1.82, 2.24) is 0 Å². The van der Waals surface area contributed by atoms with Crippen molar-refractivity contribution < 1.29 is 4.48 Å². The summed E-state index contributed by atoms with van der Waals surface area (Å²) in [6, 6.07) is 0. The molecule has 0 saturated carbocycles. The SMILES string of the molecule is BrC1CCC[N+]12CCCC2. The van der Waals surface area contributed by atoms with Crippen molar-refractivity contribution in [3.05, 3.63) is 0 Å². The van der Waals surface area contributed by atoms with Gasteiger partial charge in [0.25, 0.3) is 0 Å². The van der Waals surface area contributed by atoms with Gasteiger partial charge in [-0.1, -0.05) is 0 Å². The lowest BCUT2D eigenvalue weighted by atomic mass is 10.4. The van der Waals surface area contributed by atoms with Crippen molar-refractivity contribution in [2.45, 2.75) is 30.6 Å². The van der Waals surface area contributed by atoms with Crippen LogP contribution in [-0.2, 0) is 0 Å². The molecule has 2 aliphatic heterocycles. The third-order valence-electron chi connectivity index (χ3n) is 3.10. The van der Waals surface area contributed by atoms with E-state index >= 15 is 0 Å². The molecule has 2 aliphatic rings. The molecule has 58 valence electrons. The number of nitrogens with zero attached hydrogens (tertiary/aromatic N) is 1. The molecular weight excluding hydrogens is 190 g/mol. The fraction of sp³-hybridized carbons (Fsp3) is 1.00. The van der Waals surface area contributed by atoms with E-state index in [-0.39, 0.29) is 0 Å². The van der Waals surface area contributed by atoms with Gasteiger partial charge >= 0.3 is 0 Å². The summed E-state index contributed by atoms with van der Waals surface area (Å²) in [6.07, 6.45) is 5.76. The van der Waals surface area contributed by atoms with E-state index in [9.17, 15) is 0 Å². The Kier molecular flexibility index (Phi) is 1.77. The van der Waals surface area contributed by atoms with E-state index < -0.39 is 0 Å². The number of hydrogen-bond acceptors (Lipinski definition) is 0. The summed E-state index contributed by atoms with van der Waals surface area (Å²) in [5.74, 6) is 0. The minimum absolute atomic E-state index is 0.801. The molecule has 10 heavy (non-hydrogen) atoms. The van der Waals surface area contributed by atoms with Crippen LogP contribution in [0.2, 0.25) is 0 Å². The Balaban J connectivity index is 2.11. The lowest BCUT2D eigenvalue weighted by Gasteiger charge is -2.32. The largest absolute Gasteiger partial charge is 0.312 e. The molecule has 2 fully saturated rings. The van der Waals surface area contributed by atoms with E-state index in [4.69, 9.17) is 0 Å². The molecule has 1 spiro atoms. The number of alkyl halides is 1. The average Bonchev–Trinajstić information content (AvgIpc) is 2.48. The minimum atomic E-state index is 0.801. The van der Waals surface area contributed by atoms with E-state index in [2.05, 4.69) is 15.9 Å². The zero-order valence-electron chi connectivity index (χ0n) is 6.35. The molecule has 0 aromatic heterocycles. The maximum atomic E-state index is 3.79. The molecule has 2 heteroatoms. The molecule has 1 unspecified atom stereocenters. The van der Waals surface area contributed by atoms with Crippen LogP contribution in [-0.4, -0.2) is 29.1 Å².